The summed E-state index contributed by atoms with van der Waals surface area (Å²) in [4.78, 5) is 0. The highest BCUT2D eigenvalue weighted by molar-refractivity contribution is 9.08. The Morgan fingerprint density at radius 3 is 2.71 bits per heavy atom. The van der Waals surface area contributed by atoms with Crippen LogP contribution in [-0.4, -0.2) is 6.61 Å². The molecule has 1 rings (SSSR count). The van der Waals surface area contributed by atoms with Crippen molar-refractivity contribution in [3.05, 3.63) is 29.3 Å². The molecule has 0 atom stereocenters. The van der Waals surface area contributed by atoms with Gasteiger partial charge in [0.15, 0.2) is 0 Å². The van der Waals surface area contributed by atoms with Crippen LogP contribution in [0.4, 0.5) is 8.78 Å². The van der Waals surface area contributed by atoms with Crippen molar-refractivity contribution in [2.45, 2.75) is 11.9 Å². The number of halogens is 3. The standard InChI is InChI=1S/C9H6BrF2NO/c10-4-6-1-2-8(14-9(11)12)3-7(6)5-13/h1-3,9H,4H2. The van der Waals surface area contributed by atoms with Crippen LogP contribution in [0.2, 0.25) is 0 Å². The van der Waals surface area contributed by atoms with Gasteiger partial charge in [-0.05, 0) is 17.7 Å². The van der Waals surface area contributed by atoms with Gasteiger partial charge in [-0.2, -0.15) is 14.0 Å². The summed E-state index contributed by atoms with van der Waals surface area (Å²) < 4.78 is 27.8. The van der Waals surface area contributed by atoms with Crippen molar-refractivity contribution in [1.82, 2.24) is 0 Å². The van der Waals surface area contributed by atoms with Crippen LogP contribution in [0, 0.1) is 11.3 Å². The van der Waals surface area contributed by atoms with Gasteiger partial charge in [0.25, 0.3) is 0 Å². The lowest BCUT2D eigenvalue weighted by Gasteiger charge is -2.06. The summed E-state index contributed by atoms with van der Waals surface area (Å²) in [6, 6.07) is 6.18. The van der Waals surface area contributed by atoms with Gasteiger partial charge in [0.2, 0.25) is 0 Å². The van der Waals surface area contributed by atoms with Crippen molar-refractivity contribution < 1.29 is 13.5 Å². The van der Waals surface area contributed by atoms with Crippen LogP contribution in [0.3, 0.4) is 0 Å². The van der Waals surface area contributed by atoms with E-state index in [2.05, 4.69) is 20.7 Å². The lowest BCUT2D eigenvalue weighted by Crippen LogP contribution is -2.02. The molecule has 0 aromatic heterocycles. The van der Waals surface area contributed by atoms with E-state index in [1.807, 2.05) is 6.07 Å². The van der Waals surface area contributed by atoms with Crippen LogP contribution in [0.1, 0.15) is 11.1 Å². The van der Waals surface area contributed by atoms with Gasteiger partial charge in [-0.1, -0.05) is 22.0 Å². The molecule has 0 bridgehead atoms. The maximum absolute atomic E-state index is 11.8. The van der Waals surface area contributed by atoms with Gasteiger partial charge in [-0.3, -0.25) is 0 Å². The normalized spacial score (nSPS) is 9.93. The molecule has 0 aliphatic rings. The number of hydrogen-bond acceptors (Lipinski definition) is 2. The van der Waals surface area contributed by atoms with Crippen LogP contribution in [0.25, 0.3) is 0 Å². The summed E-state index contributed by atoms with van der Waals surface area (Å²) in [6.45, 7) is -2.86. The second kappa shape index (κ2) is 4.91. The molecule has 1 aromatic carbocycles. The van der Waals surface area contributed by atoms with E-state index in [1.54, 1.807) is 6.07 Å². The number of nitriles is 1. The minimum absolute atomic E-state index is 0.00116. The summed E-state index contributed by atoms with van der Waals surface area (Å²) in [5, 5.41) is 9.20. The average Bonchev–Trinajstić information content (AvgIpc) is 2.16. The third-order valence-electron chi connectivity index (χ3n) is 1.57. The molecule has 0 aliphatic heterocycles. The molecular weight excluding hydrogens is 256 g/mol. The minimum Gasteiger partial charge on any atom is -0.435 e. The Morgan fingerprint density at radius 2 is 2.21 bits per heavy atom. The van der Waals surface area contributed by atoms with Gasteiger partial charge >= 0.3 is 6.61 Å². The summed E-state index contributed by atoms with van der Waals surface area (Å²) in [5.41, 5.74) is 1.08. The summed E-state index contributed by atoms with van der Waals surface area (Å²) in [6.07, 6.45) is 0. The zero-order chi connectivity index (χ0) is 10.6. The van der Waals surface area contributed by atoms with Crippen LogP contribution in [-0.2, 0) is 5.33 Å². The molecule has 0 radical (unpaired) electrons. The lowest BCUT2D eigenvalue weighted by atomic mass is 10.1. The van der Waals surface area contributed by atoms with Crippen molar-refractivity contribution in [1.29, 1.82) is 5.26 Å². The Morgan fingerprint density at radius 1 is 1.50 bits per heavy atom. The first-order valence-corrected chi connectivity index (χ1v) is 4.83. The predicted molar refractivity (Wildman–Crippen MR) is 50.4 cm³/mol. The Bertz CT molecular complexity index is 362. The summed E-state index contributed by atoms with van der Waals surface area (Å²) >= 11 is 3.18. The first-order valence-electron chi connectivity index (χ1n) is 3.71. The Hall–Kier alpha value is -1.15. The maximum atomic E-state index is 11.8. The quantitative estimate of drug-likeness (QED) is 0.784. The fourth-order valence-corrected chi connectivity index (χ4v) is 1.44. The molecule has 0 aliphatic carbocycles. The maximum Gasteiger partial charge on any atom is 0.387 e. The first kappa shape index (κ1) is 10.9. The molecule has 0 amide bonds. The van der Waals surface area contributed by atoms with E-state index < -0.39 is 6.61 Å². The predicted octanol–water partition coefficient (Wildman–Crippen LogP) is 3.05. The average molecular weight is 262 g/mol. The van der Waals surface area contributed by atoms with E-state index >= 15 is 0 Å². The monoisotopic (exact) mass is 261 g/mol. The van der Waals surface area contributed by atoms with E-state index in [0.29, 0.717) is 10.9 Å². The second-order valence-corrected chi connectivity index (χ2v) is 3.00. The smallest absolute Gasteiger partial charge is 0.387 e. The highest BCUT2D eigenvalue weighted by Gasteiger charge is 2.07. The van der Waals surface area contributed by atoms with Crippen molar-refractivity contribution in [2.75, 3.05) is 0 Å². The van der Waals surface area contributed by atoms with E-state index in [0.717, 1.165) is 5.56 Å². The Balaban J connectivity index is 2.97. The highest BCUT2D eigenvalue weighted by Crippen LogP contribution is 2.20. The largest absolute Gasteiger partial charge is 0.435 e. The molecule has 0 N–H and O–H groups in total. The van der Waals surface area contributed by atoms with E-state index in [4.69, 9.17) is 5.26 Å². The fraction of sp³-hybridized carbons (Fsp3) is 0.222. The van der Waals surface area contributed by atoms with Gasteiger partial charge in [0, 0.05) is 5.33 Å². The zero-order valence-electron chi connectivity index (χ0n) is 7.01. The third kappa shape index (κ3) is 2.67. The topological polar surface area (TPSA) is 33.0 Å². The number of alkyl halides is 3. The molecule has 2 nitrogen and oxygen atoms in total. The summed E-state index contributed by atoms with van der Waals surface area (Å²) in [5.74, 6) is 0.00116. The number of rotatable bonds is 3. The minimum atomic E-state index is -2.86. The van der Waals surface area contributed by atoms with E-state index in [-0.39, 0.29) is 5.75 Å². The molecule has 1 aromatic rings. The van der Waals surface area contributed by atoms with Gasteiger partial charge in [0.1, 0.15) is 5.75 Å². The fourth-order valence-electron chi connectivity index (χ4n) is 0.952. The molecule has 74 valence electrons. The number of ether oxygens (including phenoxy) is 1. The van der Waals surface area contributed by atoms with E-state index in [1.165, 1.54) is 12.1 Å². The van der Waals surface area contributed by atoms with Gasteiger partial charge in [-0.25, -0.2) is 0 Å². The number of hydrogen-bond donors (Lipinski definition) is 0. The molecule has 0 saturated carbocycles. The van der Waals surface area contributed by atoms with Crippen molar-refractivity contribution in [3.8, 4) is 11.8 Å². The molecule has 0 fully saturated rings. The molecule has 5 heteroatoms. The molecule has 14 heavy (non-hydrogen) atoms. The number of nitrogens with zero attached hydrogens (tertiary/aromatic N) is 1. The molecule has 0 unspecified atom stereocenters. The zero-order valence-corrected chi connectivity index (χ0v) is 8.59. The van der Waals surface area contributed by atoms with Gasteiger partial charge in [-0.15, -0.1) is 0 Å². The van der Waals surface area contributed by atoms with Crippen LogP contribution < -0.4 is 4.74 Å². The molecular formula is C9H6BrF2NO. The van der Waals surface area contributed by atoms with Gasteiger partial charge < -0.3 is 4.74 Å². The van der Waals surface area contributed by atoms with Crippen molar-refractivity contribution >= 4 is 15.9 Å². The molecule has 0 spiro atoms. The third-order valence-corrected chi connectivity index (χ3v) is 2.18. The van der Waals surface area contributed by atoms with E-state index in [9.17, 15) is 8.78 Å². The lowest BCUT2D eigenvalue weighted by molar-refractivity contribution is -0.0498. The Labute approximate surface area is 88.2 Å². The van der Waals surface area contributed by atoms with Gasteiger partial charge in [0.05, 0.1) is 11.6 Å². The van der Waals surface area contributed by atoms with Crippen molar-refractivity contribution in [2.24, 2.45) is 0 Å². The molecule has 0 heterocycles. The SMILES string of the molecule is N#Cc1cc(OC(F)F)ccc1CBr. The first-order chi connectivity index (χ1) is 6.67. The number of benzene rings is 1. The highest BCUT2D eigenvalue weighted by atomic mass is 79.9. The second-order valence-electron chi connectivity index (χ2n) is 2.44. The van der Waals surface area contributed by atoms with Crippen molar-refractivity contribution in [3.63, 3.8) is 0 Å². The van der Waals surface area contributed by atoms with Crippen LogP contribution in [0.5, 0.6) is 5.75 Å². The van der Waals surface area contributed by atoms with Crippen LogP contribution >= 0.6 is 15.9 Å². The summed E-state index contributed by atoms with van der Waals surface area (Å²) in [7, 11) is 0. The van der Waals surface area contributed by atoms with Crippen LogP contribution in [0.15, 0.2) is 18.2 Å². The molecule has 0 saturated heterocycles. The Kier molecular flexibility index (Phi) is 3.84.